The number of carbonyl (C=O) groups excluding carboxylic acids is 2. The number of benzene rings is 1. The van der Waals surface area contributed by atoms with E-state index in [0.29, 0.717) is 12.8 Å². The van der Waals surface area contributed by atoms with Crippen LogP contribution in [0.2, 0.25) is 0 Å². The first-order valence-electron chi connectivity index (χ1n) is 7.51. The molecule has 0 aliphatic carbocycles. The van der Waals surface area contributed by atoms with E-state index >= 15 is 0 Å². The Kier molecular flexibility index (Phi) is 7.29. The molecular weight excluding hydrogens is 282 g/mol. The molecule has 2 N–H and O–H groups in total. The third kappa shape index (κ3) is 6.52. The summed E-state index contributed by atoms with van der Waals surface area (Å²) in [5.41, 5.74) is 2.19. The van der Waals surface area contributed by atoms with Crippen LogP contribution >= 0.6 is 0 Å². The summed E-state index contributed by atoms with van der Waals surface area (Å²) in [5, 5.41) is 11.6. The van der Waals surface area contributed by atoms with E-state index in [1.807, 2.05) is 31.2 Å². The van der Waals surface area contributed by atoms with Crippen LogP contribution in [0.5, 0.6) is 0 Å². The average Bonchev–Trinajstić information content (AvgIpc) is 2.50. The quantitative estimate of drug-likeness (QED) is 0.733. The minimum Gasteiger partial charge on any atom is -0.480 e. The summed E-state index contributed by atoms with van der Waals surface area (Å²) in [6.07, 6.45) is 1.48. The maximum atomic E-state index is 11.9. The fraction of sp³-hybridized carbons (Fsp3) is 0.471. The minimum absolute atomic E-state index is 0.000143. The van der Waals surface area contributed by atoms with Crippen molar-refractivity contribution < 1.29 is 19.5 Å². The van der Waals surface area contributed by atoms with Crippen molar-refractivity contribution in [2.45, 2.75) is 52.0 Å². The maximum absolute atomic E-state index is 11.9. The lowest BCUT2D eigenvalue weighted by Gasteiger charge is -2.14. The van der Waals surface area contributed by atoms with E-state index < -0.39 is 12.0 Å². The summed E-state index contributed by atoms with van der Waals surface area (Å²) < 4.78 is 0. The highest BCUT2D eigenvalue weighted by atomic mass is 16.4. The van der Waals surface area contributed by atoms with Gasteiger partial charge in [-0.2, -0.15) is 0 Å². The second-order valence-corrected chi connectivity index (χ2v) is 5.37. The number of ketones is 1. The predicted molar refractivity (Wildman–Crippen MR) is 83.6 cm³/mol. The number of carbonyl (C=O) groups is 3. The van der Waals surface area contributed by atoms with E-state index in [-0.39, 0.29) is 31.0 Å². The van der Waals surface area contributed by atoms with Crippen molar-refractivity contribution in [2.75, 3.05) is 0 Å². The van der Waals surface area contributed by atoms with Gasteiger partial charge in [0.05, 0.1) is 0 Å². The van der Waals surface area contributed by atoms with Crippen molar-refractivity contribution in [3.8, 4) is 0 Å². The van der Waals surface area contributed by atoms with E-state index in [4.69, 9.17) is 5.11 Å². The largest absolute Gasteiger partial charge is 0.480 e. The van der Waals surface area contributed by atoms with Crippen LogP contribution in [0.25, 0.3) is 0 Å². The van der Waals surface area contributed by atoms with Gasteiger partial charge in [-0.3, -0.25) is 9.59 Å². The van der Waals surface area contributed by atoms with Crippen molar-refractivity contribution in [3.63, 3.8) is 0 Å². The maximum Gasteiger partial charge on any atom is 0.326 e. The molecule has 0 heterocycles. The number of nitrogens with one attached hydrogen (secondary N) is 1. The standard InChI is InChI=1S/C17H23NO4/c1-3-14(19)9-10-15(17(21)22)18-16(20)11-8-13-6-4-12(2)5-7-13/h4-7,15H,3,8-11H2,1-2H3,(H,18,20)(H,21,22). The van der Waals surface area contributed by atoms with Crippen molar-refractivity contribution in [1.82, 2.24) is 5.32 Å². The van der Waals surface area contributed by atoms with Crippen LogP contribution in [-0.2, 0) is 20.8 Å². The molecule has 0 saturated heterocycles. The number of carboxylic acids is 1. The third-order valence-corrected chi connectivity index (χ3v) is 3.50. The molecule has 22 heavy (non-hydrogen) atoms. The number of aliphatic carboxylic acids is 1. The monoisotopic (exact) mass is 305 g/mol. The lowest BCUT2D eigenvalue weighted by atomic mass is 10.1. The Bertz CT molecular complexity index is 522. The van der Waals surface area contributed by atoms with Gasteiger partial charge in [0.15, 0.2) is 0 Å². The van der Waals surface area contributed by atoms with Crippen LogP contribution in [0, 0.1) is 6.92 Å². The Morgan fingerprint density at radius 2 is 1.77 bits per heavy atom. The first kappa shape index (κ1) is 17.9. The van der Waals surface area contributed by atoms with E-state index in [1.54, 1.807) is 6.92 Å². The average molecular weight is 305 g/mol. The highest BCUT2D eigenvalue weighted by Crippen LogP contribution is 2.07. The fourth-order valence-electron chi connectivity index (χ4n) is 2.02. The van der Waals surface area contributed by atoms with Crippen LogP contribution < -0.4 is 5.32 Å². The number of hydrogen-bond acceptors (Lipinski definition) is 3. The van der Waals surface area contributed by atoms with Crippen LogP contribution in [0.15, 0.2) is 24.3 Å². The predicted octanol–water partition coefficient (Wildman–Crippen LogP) is 2.26. The number of aryl methyl sites for hydroxylation is 2. The normalized spacial score (nSPS) is 11.7. The molecule has 5 nitrogen and oxygen atoms in total. The Hall–Kier alpha value is -2.17. The molecule has 0 aromatic heterocycles. The van der Waals surface area contributed by atoms with Gasteiger partial charge in [0.2, 0.25) is 5.91 Å². The van der Waals surface area contributed by atoms with Crippen molar-refractivity contribution in [1.29, 1.82) is 0 Å². The van der Waals surface area contributed by atoms with Crippen molar-refractivity contribution in [2.24, 2.45) is 0 Å². The zero-order valence-electron chi connectivity index (χ0n) is 13.1. The summed E-state index contributed by atoms with van der Waals surface area (Å²) in [6, 6.07) is 6.86. The van der Waals surface area contributed by atoms with Gasteiger partial charge in [-0.05, 0) is 25.3 Å². The molecule has 1 aromatic rings. The van der Waals surface area contributed by atoms with Gasteiger partial charge in [-0.25, -0.2) is 4.79 Å². The van der Waals surface area contributed by atoms with Crippen LogP contribution in [0.1, 0.15) is 43.7 Å². The van der Waals surface area contributed by atoms with Gasteiger partial charge in [0.25, 0.3) is 0 Å². The Morgan fingerprint density at radius 3 is 2.32 bits per heavy atom. The summed E-state index contributed by atoms with van der Waals surface area (Å²) in [5.74, 6) is -1.41. The van der Waals surface area contributed by atoms with Crippen LogP contribution in [0.3, 0.4) is 0 Å². The lowest BCUT2D eigenvalue weighted by molar-refractivity contribution is -0.142. The van der Waals surface area contributed by atoms with Gasteiger partial charge in [-0.15, -0.1) is 0 Å². The lowest BCUT2D eigenvalue weighted by Crippen LogP contribution is -2.41. The third-order valence-electron chi connectivity index (χ3n) is 3.50. The molecule has 1 unspecified atom stereocenters. The Balaban J connectivity index is 2.44. The zero-order valence-corrected chi connectivity index (χ0v) is 13.1. The van der Waals surface area contributed by atoms with E-state index in [2.05, 4.69) is 5.32 Å². The molecule has 0 radical (unpaired) electrons. The Morgan fingerprint density at radius 1 is 1.14 bits per heavy atom. The molecule has 1 atom stereocenters. The highest BCUT2D eigenvalue weighted by Gasteiger charge is 2.20. The molecule has 5 heteroatoms. The van der Waals surface area contributed by atoms with Gasteiger partial charge < -0.3 is 10.4 Å². The van der Waals surface area contributed by atoms with Gasteiger partial charge in [-0.1, -0.05) is 36.8 Å². The Labute approximate surface area is 130 Å². The fourth-order valence-corrected chi connectivity index (χ4v) is 2.02. The molecule has 1 rings (SSSR count). The van der Waals surface area contributed by atoms with Crippen LogP contribution in [0.4, 0.5) is 0 Å². The molecule has 0 aliphatic rings. The summed E-state index contributed by atoms with van der Waals surface area (Å²) in [4.78, 5) is 34.2. The number of hydrogen-bond donors (Lipinski definition) is 2. The molecule has 0 fully saturated rings. The SMILES string of the molecule is CCC(=O)CCC(NC(=O)CCc1ccc(C)cc1)C(=O)O. The number of rotatable bonds is 9. The summed E-state index contributed by atoms with van der Waals surface area (Å²) in [6.45, 7) is 3.73. The highest BCUT2D eigenvalue weighted by molar-refractivity contribution is 5.84. The van der Waals surface area contributed by atoms with Gasteiger partial charge >= 0.3 is 5.97 Å². The second kappa shape index (κ2) is 8.97. The molecule has 120 valence electrons. The smallest absolute Gasteiger partial charge is 0.326 e. The number of Topliss-reactive ketones (excluding diaryl/α,β-unsaturated/α-hetero) is 1. The molecule has 1 aromatic carbocycles. The second-order valence-electron chi connectivity index (χ2n) is 5.37. The minimum atomic E-state index is -1.10. The van der Waals surface area contributed by atoms with Gasteiger partial charge in [0, 0.05) is 19.3 Å². The molecule has 1 amide bonds. The first-order chi connectivity index (χ1) is 10.4. The van der Waals surface area contributed by atoms with Crippen molar-refractivity contribution >= 4 is 17.7 Å². The molecule has 0 saturated carbocycles. The van der Waals surface area contributed by atoms with Gasteiger partial charge in [0.1, 0.15) is 11.8 Å². The number of carboxylic acid groups (broad SMARTS) is 1. The number of amides is 1. The van der Waals surface area contributed by atoms with Crippen LogP contribution in [-0.4, -0.2) is 28.8 Å². The van der Waals surface area contributed by atoms with E-state index in [9.17, 15) is 14.4 Å². The molecular formula is C17H23NO4. The summed E-state index contributed by atoms with van der Waals surface area (Å²) in [7, 11) is 0. The van der Waals surface area contributed by atoms with E-state index in [1.165, 1.54) is 0 Å². The van der Waals surface area contributed by atoms with E-state index in [0.717, 1.165) is 11.1 Å². The molecule has 0 spiro atoms. The van der Waals surface area contributed by atoms with Crippen molar-refractivity contribution in [3.05, 3.63) is 35.4 Å². The zero-order chi connectivity index (χ0) is 16.5. The molecule has 0 bridgehead atoms. The molecule has 0 aliphatic heterocycles. The summed E-state index contributed by atoms with van der Waals surface area (Å²) >= 11 is 0. The first-order valence-corrected chi connectivity index (χ1v) is 7.51. The topological polar surface area (TPSA) is 83.5 Å².